The first-order valence-corrected chi connectivity index (χ1v) is 11.3. The number of anilines is 2. The zero-order valence-electron chi connectivity index (χ0n) is 17.6. The summed E-state index contributed by atoms with van der Waals surface area (Å²) >= 11 is 6.37. The number of nitrogens with one attached hydrogen (secondary N) is 4. The molecule has 6 heteroatoms. The molecule has 0 spiro atoms. The summed E-state index contributed by atoms with van der Waals surface area (Å²) in [6.07, 6.45) is 2.11. The van der Waals surface area contributed by atoms with Crippen LogP contribution in [0.3, 0.4) is 0 Å². The van der Waals surface area contributed by atoms with E-state index in [4.69, 9.17) is 11.6 Å². The predicted octanol–water partition coefficient (Wildman–Crippen LogP) is 5.90. The summed E-state index contributed by atoms with van der Waals surface area (Å²) < 4.78 is 0. The maximum absolute atomic E-state index is 13.0. The van der Waals surface area contributed by atoms with Crippen molar-refractivity contribution < 1.29 is 4.79 Å². The van der Waals surface area contributed by atoms with Gasteiger partial charge in [-0.15, -0.1) is 0 Å². The molecule has 0 aliphatic carbocycles. The molecule has 4 N–H and O–H groups in total. The molecule has 0 unspecified atom stereocenters. The monoisotopic (exact) mass is 444 g/mol. The number of carbonyl (C=O) groups excluding carboxylic acids is 1. The average Bonchev–Trinajstić information content (AvgIpc) is 3.25. The number of halogens is 1. The molecule has 1 fully saturated rings. The fourth-order valence-electron chi connectivity index (χ4n) is 4.24. The molecule has 2 heterocycles. The van der Waals surface area contributed by atoms with E-state index in [1.807, 2.05) is 60.7 Å². The molecule has 0 saturated carbocycles. The SMILES string of the molecule is O=C(Nc1cccc(-c2ccccc2)c1)c1cc2cc(Cl)cc(NC3CCNCC3)c2[nH]1. The van der Waals surface area contributed by atoms with Crippen LogP contribution in [0.4, 0.5) is 11.4 Å². The topological polar surface area (TPSA) is 69.0 Å². The smallest absolute Gasteiger partial charge is 0.272 e. The van der Waals surface area contributed by atoms with Crippen molar-refractivity contribution in [3.8, 4) is 11.1 Å². The zero-order valence-corrected chi connectivity index (χ0v) is 18.4. The number of hydrogen-bond acceptors (Lipinski definition) is 3. The molecule has 4 aromatic rings. The normalized spacial score (nSPS) is 14.4. The van der Waals surface area contributed by atoms with Crippen LogP contribution in [0, 0.1) is 0 Å². The Kier molecular flexibility index (Phi) is 5.84. The van der Waals surface area contributed by atoms with E-state index in [0.29, 0.717) is 16.8 Å². The van der Waals surface area contributed by atoms with Crippen molar-refractivity contribution in [3.63, 3.8) is 0 Å². The Morgan fingerprint density at radius 2 is 1.69 bits per heavy atom. The Balaban J connectivity index is 1.39. The zero-order chi connectivity index (χ0) is 21.9. The predicted molar refractivity (Wildman–Crippen MR) is 133 cm³/mol. The Morgan fingerprint density at radius 1 is 0.906 bits per heavy atom. The highest BCUT2D eigenvalue weighted by Gasteiger charge is 2.17. The van der Waals surface area contributed by atoms with Crippen LogP contribution in [-0.4, -0.2) is 30.0 Å². The van der Waals surface area contributed by atoms with Crippen molar-refractivity contribution >= 4 is 39.8 Å². The van der Waals surface area contributed by atoms with Gasteiger partial charge in [0.15, 0.2) is 0 Å². The van der Waals surface area contributed by atoms with Gasteiger partial charge < -0.3 is 20.9 Å². The number of aromatic nitrogens is 1. The lowest BCUT2D eigenvalue weighted by Crippen LogP contribution is -2.35. The van der Waals surface area contributed by atoms with Crippen LogP contribution in [0.15, 0.2) is 72.8 Å². The van der Waals surface area contributed by atoms with Crippen LogP contribution in [0.25, 0.3) is 22.0 Å². The molecule has 1 aromatic heterocycles. The van der Waals surface area contributed by atoms with Gasteiger partial charge in [-0.3, -0.25) is 4.79 Å². The van der Waals surface area contributed by atoms with E-state index in [2.05, 4.69) is 33.1 Å². The Hall–Kier alpha value is -3.28. The quantitative estimate of drug-likeness (QED) is 0.309. The molecular weight excluding hydrogens is 420 g/mol. The highest BCUT2D eigenvalue weighted by molar-refractivity contribution is 6.32. The van der Waals surface area contributed by atoms with E-state index < -0.39 is 0 Å². The second kappa shape index (κ2) is 9.07. The number of hydrogen-bond donors (Lipinski definition) is 4. The molecule has 1 aliphatic heterocycles. The molecule has 1 amide bonds. The molecule has 5 rings (SSSR count). The van der Waals surface area contributed by atoms with Crippen molar-refractivity contribution in [1.29, 1.82) is 0 Å². The first kappa shape index (κ1) is 20.6. The van der Waals surface area contributed by atoms with Gasteiger partial charge in [0.1, 0.15) is 5.69 Å². The molecular formula is C26H25ClN4O. The number of fused-ring (bicyclic) bond motifs is 1. The van der Waals surface area contributed by atoms with Crippen LogP contribution < -0.4 is 16.0 Å². The molecule has 32 heavy (non-hydrogen) atoms. The number of benzene rings is 3. The molecule has 1 saturated heterocycles. The molecule has 0 bridgehead atoms. The van der Waals surface area contributed by atoms with Gasteiger partial charge in [-0.2, -0.15) is 0 Å². The number of carbonyl (C=O) groups is 1. The van der Waals surface area contributed by atoms with E-state index in [1.54, 1.807) is 0 Å². The van der Waals surface area contributed by atoms with Crippen molar-refractivity contribution in [2.75, 3.05) is 23.7 Å². The van der Waals surface area contributed by atoms with Gasteiger partial charge in [0, 0.05) is 22.1 Å². The number of piperidine rings is 1. The number of aromatic amines is 1. The van der Waals surface area contributed by atoms with E-state index in [-0.39, 0.29) is 5.91 Å². The summed E-state index contributed by atoms with van der Waals surface area (Å²) in [4.78, 5) is 16.3. The van der Waals surface area contributed by atoms with Gasteiger partial charge in [0.05, 0.1) is 11.2 Å². The summed E-state index contributed by atoms with van der Waals surface area (Å²) in [5.74, 6) is -0.185. The molecule has 1 aliphatic rings. The summed E-state index contributed by atoms with van der Waals surface area (Å²) in [6, 6.07) is 24.0. The second-order valence-electron chi connectivity index (χ2n) is 8.17. The minimum atomic E-state index is -0.185. The third-order valence-electron chi connectivity index (χ3n) is 5.86. The summed E-state index contributed by atoms with van der Waals surface area (Å²) in [7, 11) is 0. The molecule has 0 radical (unpaired) electrons. The van der Waals surface area contributed by atoms with Crippen molar-refractivity contribution in [1.82, 2.24) is 10.3 Å². The minimum Gasteiger partial charge on any atom is -0.380 e. The lowest BCUT2D eigenvalue weighted by atomic mass is 10.1. The van der Waals surface area contributed by atoms with Gasteiger partial charge in [-0.25, -0.2) is 0 Å². The standard InChI is InChI=1S/C26H25ClN4O/c27-20-13-19-15-24(31-25(19)23(16-20)29-21-9-11-28-12-10-21)26(32)30-22-8-4-7-18(14-22)17-5-2-1-3-6-17/h1-8,13-16,21,28-29,31H,9-12H2,(H,30,32). The Labute approximate surface area is 192 Å². The lowest BCUT2D eigenvalue weighted by molar-refractivity contribution is 0.102. The molecule has 0 atom stereocenters. The highest BCUT2D eigenvalue weighted by atomic mass is 35.5. The Morgan fingerprint density at radius 3 is 2.50 bits per heavy atom. The maximum atomic E-state index is 13.0. The van der Waals surface area contributed by atoms with Crippen LogP contribution in [0.1, 0.15) is 23.3 Å². The number of rotatable bonds is 5. The van der Waals surface area contributed by atoms with Crippen molar-refractivity contribution in [2.24, 2.45) is 0 Å². The largest absolute Gasteiger partial charge is 0.380 e. The molecule has 162 valence electrons. The first-order valence-electron chi connectivity index (χ1n) is 10.9. The lowest BCUT2D eigenvalue weighted by Gasteiger charge is -2.25. The van der Waals surface area contributed by atoms with Gasteiger partial charge in [0.25, 0.3) is 5.91 Å². The van der Waals surface area contributed by atoms with E-state index >= 15 is 0 Å². The van der Waals surface area contributed by atoms with Crippen LogP contribution in [0.2, 0.25) is 5.02 Å². The van der Waals surface area contributed by atoms with Crippen LogP contribution >= 0.6 is 11.6 Å². The van der Waals surface area contributed by atoms with Crippen LogP contribution in [0.5, 0.6) is 0 Å². The maximum Gasteiger partial charge on any atom is 0.272 e. The van der Waals surface area contributed by atoms with Gasteiger partial charge in [-0.1, -0.05) is 54.1 Å². The van der Waals surface area contributed by atoms with Gasteiger partial charge >= 0.3 is 0 Å². The number of H-pyrrole nitrogens is 1. The first-order chi connectivity index (χ1) is 15.7. The van der Waals surface area contributed by atoms with Gasteiger partial charge in [-0.05, 0) is 67.4 Å². The fraction of sp³-hybridized carbons (Fsp3) is 0.192. The Bertz CT molecular complexity index is 1250. The van der Waals surface area contributed by atoms with Crippen molar-refractivity contribution in [2.45, 2.75) is 18.9 Å². The van der Waals surface area contributed by atoms with E-state index in [9.17, 15) is 4.79 Å². The van der Waals surface area contributed by atoms with E-state index in [0.717, 1.165) is 59.3 Å². The highest BCUT2D eigenvalue weighted by Crippen LogP contribution is 2.30. The second-order valence-corrected chi connectivity index (χ2v) is 8.61. The molecule has 5 nitrogen and oxygen atoms in total. The molecule has 3 aromatic carbocycles. The van der Waals surface area contributed by atoms with Gasteiger partial charge in [0.2, 0.25) is 0 Å². The minimum absolute atomic E-state index is 0.185. The average molecular weight is 445 g/mol. The third-order valence-corrected chi connectivity index (χ3v) is 6.08. The van der Waals surface area contributed by atoms with E-state index in [1.165, 1.54) is 0 Å². The summed E-state index contributed by atoms with van der Waals surface area (Å²) in [5, 5.41) is 11.6. The van der Waals surface area contributed by atoms with Crippen molar-refractivity contribution in [3.05, 3.63) is 83.5 Å². The fourth-order valence-corrected chi connectivity index (χ4v) is 4.46. The number of amides is 1. The van der Waals surface area contributed by atoms with Crippen LogP contribution in [-0.2, 0) is 0 Å². The third kappa shape index (κ3) is 4.49. The summed E-state index contributed by atoms with van der Waals surface area (Å²) in [6.45, 7) is 2.00. The summed E-state index contributed by atoms with van der Waals surface area (Å²) in [5.41, 5.74) is 5.25.